The second-order valence-electron chi connectivity index (χ2n) is 5.37. The van der Waals surface area contributed by atoms with Gasteiger partial charge >= 0.3 is 0 Å². The molecule has 0 saturated carbocycles. The van der Waals surface area contributed by atoms with E-state index in [1.165, 1.54) is 11.8 Å². The lowest BCUT2D eigenvalue weighted by molar-refractivity contribution is -0.115. The summed E-state index contributed by atoms with van der Waals surface area (Å²) >= 11 is 12.4. The molecule has 3 rings (SSSR count). The molecule has 2 aromatic rings. The van der Waals surface area contributed by atoms with Gasteiger partial charge in [-0.1, -0.05) is 59.8 Å². The molecule has 0 spiro atoms. The van der Waals surface area contributed by atoms with E-state index in [1.54, 1.807) is 6.08 Å². The van der Waals surface area contributed by atoms with Crippen LogP contribution in [-0.4, -0.2) is 16.8 Å². The molecular weight excluding hydrogens is 390 g/mol. The number of carbonyl (C=O) groups is 1. The van der Waals surface area contributed by atoms with Crippen molar-refractivity contribution in [2.45, 2.75) is 13.5 Å². The third-order valence-electron chi connectivity index (χ3n) is 3.55. The Kier molecular flexibility index (Phi) is 6.19. The fourth-order valence-corrected chi connectivity index (χ4v) is 3.58. The van der Waals surface area contributed by atoms with E-state index in [9.17, 15) is 4.79 Å². The molecule has 2 aromatic carbocycles. The van der Waals surface area contributed by atoms with E-state index >= 15 is 0 Å². The summed E-state index contributed by atoms with van der Waals surface area (Å²) < 4.78 is 12.0. The van der Waals surface area contributed by atoms with Gasteiger partial charge in [-0.25, -0.2) is 0 Å². The zero-order chi connectivity index (χ0) is 18.5. The number of hydrogen-bond donors (Lipinski definition) is 1. The van der Waals surface area contributed by atoms with Gasteiger partial charge in [0.15, 0.2) is 11.5 Å². The highest BCUT2D eigenvalue weighted by atomic mass is 35.5. The molecule has 1 amide bonds. The standard InChI is InChI=1S/C19H16ClNO3S2/c1-2-23-16-9-12(10-17-18(22)21-19(25)26-17)7-8-15(16)24-11-13-5-3-4-6-14(13)20/h3-10H,2,11H2,1H3,(H,21,22,25)/b17-10-. The quantitative estimate of drug-likeness (QED) is 0.552. The Balaban J connectivity index is 1.80. The third kappa shape index (κ3) is 4.58. The minimum Gasteiger partial charge on any atom is -0.490 e. The van der Waals surface area contributed by atoms with E-state index in [1.807, 2.05) is 49.4 Å². The highest BCUT2D eigenvalue weighted by Gasteiger charge is 2.22. The monoisotopic (exact) mass is 405 g/mol. The first-order valence-electron chi connectivity index (χ1n) is 7.94. The predicted molar refractivity (Wildman–Crippen MR) is 110 cm³/mol. The Labute approximate surface area is 166 Å². The minimum atomic E-state index is -0.183. The molecule has 1 heterocycles. The van der Waals surface area contributed by atoms with Crippen molar-refractivity contribution in [1.29, 1.82) is 0 Å². The molecule has 0 unspecified atom stereocenters. The number of ether oxygens (including phenoxy) is 2. The lowest BCUT2D eigenvalue weighted by Crippen LogP contribution is -2.17. The van der Waals surface area contributed by atoms with Crippen LogP contribution in [-0.2, 0) is 11.4 Å². The SMILES string of the molecule is CCOc1cc(/C=C2\SC(=S)NC2=O)ccc1OCc1ccccc1Cl. The van der Waals surface area contributed by atoms with Gasteiger partial charge in [-0.15, -0.1) is 0 Å². The lowest BCUT2D eigenvalue weighted by Gasteiger charge is -2.13. The maximum absolute atomic E-state index is 11.8. The second kappa shape index (κ2) is 8.58. The van der Waals surface area contributed by atoms with E-state index in [0.717, 1.165) is 11.1 Å². The maximum Gasteiger partial charge on any atom is 0.263 e. The maximum atomic E-state index is 11.8. The predicted octanol–water partition coefficient (Wildman–Crippen LogP) is 4.81. The molecule has 1 fully saturated rings. The molecule has 4 nitrogen and oxygen atoms in total. The first kappa shape index (κ1) is 18.8. The molecule has 0 atom stereocenters. The summed E-state index contributed by atoms with van der Waals surface area (Å²) in [5.74, 6) is 1.05. The number of carbonyl (C=O) groups excluding carboxylic acids is 1. The van der Waals surface area contributed by atoms with Crippen molar-refractivity contribution < 1.29 is 14.3 Å². The number of halogens is 1. The normalized spacial score (nSPS) is 15.2. The largest absolute Gasteiger partial charge is 0.490 e. The van der Waals surface area contributed by atoms with Crippen LogP contribution in [0.25, 0.3) is 6.08 Å². The molecule has 0 radical (unpaired) electrons. The summed E-state index contributed by atoms with van der Waals surface area (Å²) in [6.45, 7) is 2.75. The van der Waals surface area contributed by atoms with Crippen LogP contribution in [0.1, 0.15) is 18.1 Å². The van der Waals surface area contributed by atoms with Crippen molar-refractivity contribution >= 4 is 51.9 Å². The van der Waals surface area contributed by atoms with Crippen molar-refractivity contribution in [1.82, 2.24) is 5.32 Å². The third-order valence-corrected chi connectivity index (χ3v) is 5.08. The van der Waals surface area contributed by atoms with Crippen LogP contribution in [0.3, 0.4) is 0 Å². The van der Waals surface area contributed by atoms with Gasteiger partial charge in [0.1, 0.15) is 10.9 Å². The Bertz CT molecular complexity index is 883. The molecule has 0 aliphatic carbocycles. The zero-order valence-corrected chi connectivity index (χ0v) is 16.3. The second-order valence-corrected chi connectivity index (χ2v) is 7.50. The summed E-state index contributed by atoms with van der Waals surface area (Å²) in [4.78, 5) is 12.4. The highest BCUT2D eigenvalue weighted by molar-refractivity contribution is 8.26. The first-order valence-corrected chi connectivity index (χ1v) is 9.55. The minimum absolute atomic E-state index is 0.183. The van der Waals surface area contributed by atoms with Gasteiger partial charge in [0, 0.05) is 10.6 Å². The number of hydrogen-bond acceptors (Lipinski definition) is 5. The average molecular weight is 406 g/mol. The van der Waals surface area contributed by atoms with Gasteiger partial charge < -0.3 is 14.8 Å². The summed E-state index contributed by atoms with van der Waals surface area (Å²) in [6.07, 6.45) is 1.78. The molecule has 1 aliphatic rings. The van der Waals surface area contributed by atoms with Crippen molar-refractivity contribution in [2.24, 2.45) is 0 Å². The number of thioether (sulfide) groups is 1. The summed E-state index contributed by atoms with van der Waals surface area (Å²) in [5, 5.41) is 3.26. The van der Waals surface area contributed by atoms with Crippen LogP contribution in [0.4, 0.5) is 0 Å². The molecule has 0 bridgehead atoms. The highest BCUT2D eigenvalue weighted by Crippen LogP contribution is 2.32. The van der Waals surface area contributed by atoms with E-state index in [-0.39, 0.29) is 5.91 Å². The molecule has 7 heteroatoms. The van der Waals surface area contributed by atoms with Gasteiger partial charge in [0.25, 0.3) is 5.91 Å². The summed E-state index contributed by atoms with van der Waals surface area (Å²) in [7, 11) is 0. The van der Waals surface area contributed by atoms with Crippen LogP contribution < -0.4 is 14.8 Å². The first-order chi connectivity index (χ1) is 12.6. The molecule has 1 saturated heterocycles. The molecule has 1 aliphatic heterocycles. The Morgan fingerprint density at radius 3 is 2.69 bits per heavy atom. The van der Waals surface area contributed by atoms with Gasteiger partial charge in [0.05, 0.1) is 11.5 Å². The molecule has 1 N–H and O–H groups in total. The number of thiocarbonyl (C=S) groups is 1. The van der Waals surface area contributed by atoms with E-state index in [4.69, 9.17) is 33.3 Å². The summed E-state index contributed by atoms with van der Waals surface area (Å²) in [6, 6.07) is 13.1. The molecule has 134 valence electrons. The van der Waals surface area contributed by atoms with Crippen LogP contribution in [0.15, 0.2) is 47.4 Å². The van der Waals surface area contributed by atoms with Crippen LogP contribution in [0.2, 0.25) is 5.02 Å². The molecule has 0 aromatic heterocycles. The topological polar surface area (TPSA) is 47.6 Å². The lowest BCUT2D eigenvalue weighted by atomic mass is 10.2. The fraction of sp³-hybridized carbons (Fsp3) is 0.158. The van der Waals surface area contributed by atoms with Crippen LogP contribution >= 0.6 is 35.6 Å². The van der Waals surface area contributed by atoms with E-state index < -0.39 is 0 Å². The molecule has 26 heavy (non-hydrogen) atoms. The zero-order valence-electron chi connectivity index (χ0n) is 14.0. The Morgan fingerprint density at radius 2 is 2.00 bits per heavy atom. The van der Waals surface area contributed by atoms with E-state index in [0.29, 0.717) is 39.0 Å². The van der Waals surface area contributed by atoms with Gasteiger partial charge in [-0.05, 0) is 36.8 Å². The van der Waals surface area contributed by atoms with E-state index in [2.05, 4.69) is 5.32 Å². The number of benzene rings is 2. The number of rotatable bonds is 6. The summed E-state index contributed by atoms with van der Waals surface area (Å²) in [5.41, 5.74) is 1.73. The van der Waals surface area contributed by atoms with Crippen molar-refractivity contribution in [3.8, 4) is 11.5 Å². The number of nitrogens with one attached hydrogen (secondary N) is 1. The fourth-order valence-electron chi connectivity index (χ4n) is 2.35. The average Bonchev–Trinajstić information content (AvgIpc) is 2.93. The van der Waals surface area contributed by atoms with Gasteiger partial charge in [-0.2, -0.15) is 0 Å². The van der Waals surface area contributed by atoms with Gasteiger partial charge in [-0.3, -0.25) is 4.79 Å². The Hall–Kier alpha value is -2.02. The number of amides is 1. The van der Waals surface area contributed by atoms with Crippen molar-refractivity contribution in [3.63, 3.8) is 0 Å². The van der Waals surface area contributed by atoms with Crippen LogP contribution in [0.5, 0.6) is 11.5 Å². The van der Waals surface area contributed by atoms with Crippen LogP contribution in [0, 0.1) is 0 Å². The van der Waals surface area contributed by atoms with Crippen molar-refractivity contribution in [3.05, 3.63) is 63.5 Å². The van der Waals surface area contributed by atoms with Gasteiger partial charge in [0.2, 0.25) is 0 Å². The smallest absolute Gasteiger partial charge is 0.263 e. The van der Waals surface area contributed by atoms with Crippen molar-refractivity contribution in [2.75, 3.05) is 6.61 Å². The molecular formula is C19H16ClNO3S2. The Morgan fingerprint density at radius 1 is 1.19 bits per heavy atom.